The molecule has 108 valence electrons. The van der Waals surface area contributed by atoms with Gasteiger partial charge >= 0.3 is 0 Å². The zero-order valence-corrected chi connectivity index (χ0v) is 11.9. The van der Waals surface area contributed by atoms with Crippen molar-refractivity contribution >= 4 is 0 Å². The maximum atomic E-state index is 5.65. The molecule has 0 aromatic carbocycles. The number of hydrogen-bond acceptors (Lipinski definition) is 6. The number of aromatic nitrogens is 2. The highest BCUT2D eigenvalue weighted by atomic mass is 16.5. The van der Waals surface area contributed by atoms with Crippen molar-refractivity contribution in [1.82, 2.24) is 15.5 Å². The quantitative estimate of drug-likeness (QED) is 0.803. The number of nitrogens with one attached hydrogen (secondary N) is 1. The van der Waals surface area contributed by atoms with E-state index in [1.807, 2.05) is 7.05 Å². The van der Waals surface area contributed by atoms with Crippen molar-refractivity contribution in [1.29, 1.82) is 0 Å². The van der Waals surface area contributed by atoms with Crippen molar-refractivity contribution in [2.24, 2.45) is 0 Å². The predicted molar refractivity (Wildman–Crippen MR) is 69.9 cm³/mol. The Morgan fingerprint density at radius 2 is 2.11 bits per heavy atom. The van der Waals surface area contributed by atoms with Crippen molar-refractivity contribution in [2.45, 2.75) is 43.7 Å². The monoisotopic (exact) mass is 269 g/mol. The molecular weight excluding hydrogens is 246 g/mol. The van der Waals surface area contributed by atoms with Crippen LogP contribution in [0.4, 0.5) is 0 Å². The molecule has 1 aromatic rings. The predicted octanol–water partition coefficient (Wildman–Crippen LogP) is 1.26. The van der Waals surface area contributed by atoms with Crippen LogP contribution < -0.4 is 5.32 Å². The van der Waals surface area contributed by atoms with Crippen molar-refractivity contribution in [3.8, 4) is 0 Å². The van der Waals surface area contributed by atoms with Gasteiger partial charge in [-0.3, -0.25) is 0 Å². The van der Waals surface area contributed by atoms with E-state index >= 15 is 0 Å². The molecule has 1 aliphatic rings. The fourth-order valence-corrected chi connectivity index (χ4v) is 2.64. The van der Waals surface area contributed by atoms with Crippen LogP contribution in [0.15, 0.2) is 4.52 Å². The van der Waals surface area contributed by atoms with Gasteiger partial charge in [0, 0.05) is 26.7 Å². The third-order valence-electron chi connectivity index (χ3n) is 3.87. The normalized spacial score (nSPS) is 19.7. The van der Waals surface area contributed by atoms with Gasteiger partial charge in [-0.05, 0) is 32.7 Å². The number of nitrogens with zero attached hydrogens (tertiary/aromatic N) is 2. The van der Waals surface area contributed by atoms with Gasteiger partial charge in [0.1, 0.15) is 5.60 Å². The summed E-state index contributed by atoms with van der Waals surface area (Å²) in [5.74, 6) is 1.32. The third-order valence-corrected chi connectivity index (χ3v) is 3.87. The number of hydrogen-bond donors (Lipinski definition) is 1. The number of rotatable bonds is 7. The van der Waals surface area contributed by atoms with Crippen molar-refractivity contribution < 1.29 is 14.0 Å². The molecule has 0 radical (unpaired) electrons. The average molecular weight is 269 g/mol. The Balaban J connectivity index is 2.05. The van der Waals surface area contributed by atoms with Crippen LogP contribution in [-0.4, -0.2) is 44.1 Å². The van der Waals surface area contributed by atoms with E-state index in [4.69, 9.17) is 14.0 Å². The number of likely N-dealkylation sites (N-methyl/N-ethyl adjacent to an activating group) is 1. The molecule has 6 heteroatoms. The zero-order valence-electron chi connectivity index (χ0n) is 11.9. The van der Waals surface area contributed by atoms with E-state index in [9.17, 15) is 0 Å². The SMILES string of the molecule is CNC(COC)Cc1nc(C2(OC)CCCC2)no1. The lowest BCUT2D eigenvalue weighted by Gasteiger charge is -2.22. The number of methoxy groups -OCH3 is 2. The molecule has 0 amide bonds. The van der Waals surface area contributed by atoms with Gasteiger partial charge < -0.3 is 19.3 Å². The summed E-state index contributed by atoms with van der Waals surface area (Å²) in [5, 5.41) is 7.28. The first kappa shape index (κ1) is 14.4. The Morgan fingerprint density at radius 1 is 1.37 bits per heavy atom. The van der Waals surface area contributed by atoms with Crippen LogP contribution in [0.25, 0.3) is 0 Å². The molecule has 6 nitrogen and oxygen atoms in total. The molecule has 0 bridgehead atoms. The Bertz CT molecular complexity index is 388. The first-order valence-electron chi connectivity index (χ1n) is 6.78. The van der Waals surface area contributed by atoms with Gasteiger partial charge in [0.2, 0.25) is 11.7 Å². The summed E-state index contributed by atoms with van der Waals surface area (Å²) in [5.41, 5.74) is -0.335. The van der Waals surface area contributed by atoms with Crippen LogP contribution in [0.3, 0.4) is 0 Å². The Hall–Kier alpha value is -0.980. The van der Waals surface area contributed by atoms with E-state index in [-0.39, 0.29) is 11.6 Å². The van der Waals surface area contributed by atoms with Crippen LogP contribution in [0.2, 0.25) is 0 Å². The summed E-state index contributed by atoms with van der Waals surface area (Å²) in [6.07, 6.45) is 4.91. The highest BCUT2D eigenvalue weighted by Gasteiger charge is 2.40. The van der Waals surface area contributed by atoms with Crippen molar-refractivity contribution in [3.63, 3.8) is 0 Å². The summed E-state index contributed by atoms with van der Waals surface area (Å²) in [7, 11) is 5.30. The van der Waals surface area contributed by atoms with Crippen LogP contribution in [0.1, 0.15) is 37.4 Å². The van der Waals surface area contributed by atoms with Crippen LogP contribution >= 0.6 is 0 Å². The highest BCUT2D eigenvalue weighted by Crippen LogP contribution is 2.40. The lowest BCUT2D eigenvalue weighted by molar-refractivity contribution is -0.0178. The van der Waals surface area contributed by atoms with Gasteiger partial charge in [-0.1, -0.05) is 5.16 Å². The molecule has 0 saturated heterocycles. The average Bonchev–Trinajstić information content (AvgIpc) is 3.07. The molecule has 0 aliphatic heterocycles. The Kier molecular flexibility index (Phi) is 4.90. The second-order valence-electron chi connectivity index (χ2n) is 5.06. The van der Waals surface area contributed by atoms with Gasteiger partial charge in [-0.15, -0.1) is 0 Å². The van der Waals surface area contributed by atoms with Crippen LogP contribution in [-0.2, 0) is 21.5 Å². The largest absolute Gasteiger partial charge is 0.383 e. The van der Waals surface area contributed by atoms with Gasteiger partial charge in [0.25, 0.3) is 0 Å². The van der Waals surface area contributed by atoms with E-state index in [0.717, 1.165) is 25.7 Å². The van der Waals surface area contributed by atoms with Crippen molar-refractivity contribution in [2.75, 3.05) is 27.9 Å². The maximum absolute atomic E-state index is 5.65. The highest BCUT2D eigenvalue weighted by molar-refractivity contribution is 5.04. The Labute approximate surface area is 113 Å². The van der Waals surface area contributed by atoms with Crippen molar-refractivity contribution in [3.05, 3.63) is 11.7 Å². The zero-order chi connectivity index (χ0) is 13.7. The second-order valence-corrected chi connectivity index (χ2v) is 5.06. The molecule has 1 unspecified atom stereocenters. The molecule has 0 spiro atoms. The summed E-state index contributed by atoms with van der Waals surface area (Å²) in [4.78, 5) is 4.51. The molecule has 1 fully saturated rings. The maximum Gasteiger partial charge on any atom is 0.228 e. The molecule has 1 aromatic heterocycles. The smallest absolute Gasteiger partial charge is 0.228 e. The fourth-order valence-electron chi connectivity index (χ4n) is 2.64. The summed E-state index contributed by atoms with van der Waals surface area (Å²) < 4.78 is 16.1. The molecule has 19 heavy (non-hydrogen) atoms. The lowest BCUT2D eigenvalue weighted by atomic mass is 10.0. The summed E-state index contributed by atoms with van der Waals surface area (Å²) >= 11 is 0. The van der Waals surface area contributed by atoms with E-state index in [1.54, 1.807) is 14.2 Å². The minimum atomic E-state index is -0.335. The summed E-state index contributed by atoms with van der Waals surface area (Å²) in [6, 6.07) is 0.181. The van der Waals surface area contributed by atoms with Gasteiger partial charge in [0.05, 0.1) is 6.61 Å². The fraction of sp³-hybridized carbons (Fsp3) is 0.846. The van der Waals surface area contributed by atoms with Gasteiger partial charge in [-0.25, -0.2) is 0 Å². The third kappa shape index (κ3) is 3.13. The second kappa shape index (κ2) is 6.45. The molecule has 1 saturated carbocycles. The molecule has 1 aliphatic carbocycles. The lowest BCUT2D eigenvalue weighted by Crippen LogP contribution is -2.32. The molecule has 1 N–H and O–H groups in total. The summed E-state index contributed by atoms with van der Waals surface area (Å²) in [6.45, 7) is 0.615. The Morgan fingerprint density at radius 3 is 2.68 bits per heavy atom. The van der Waals surface area contributed by atoms with E-state index in [0.29, 0.717) is 24.7 Å². The van der Waals surface area contributed by atoms with Gasteiger partial charge in [0.15, 0.2) is 0 Å². The number of ether oxygens (including phenoxy) is 2. The first-order valence-corrected chi connectivity index (χ1v) is 6.78. The first-order chi connectivity index (χ1) is 9.24. The van der Waals surface area contributed by atoms with E-state index < -0.39 is 0 Å². The standard InChI is InChI=1S/C13H23N3O3/c1-14-10(9-17-2)8-11-15-12(16-19-11)13(18-3)6-4-5-7-13/h10,14H,4-9H2,1-3H3. The minimum absolute atomic E-state index is 0.181. The molecule has 1 atom stereocenters. The molecule has 2 rings (SSSR count). The van der Waals surface area contributed by atoms with Gasteiger partial charge in [-0.2, -0.15) is 4.98 Å². The van der Waals surface area contributed by atoms with E-state index in [2.05, 4.69) is 15.5 Å². The molecule has 1 heterocycles. The van der Waals surface area contributed by atoms with Crippen LogP contribution in [0.5, 0.6) is 0 Å². The topological polar surface area (TPSA) is 69.4 Å². The van der Waals surface area contributed by atoms with E-state index in [1.165, 1.54) is 0 Å². The molecular formula is C13H23N3O3. The minimum Gasteiger partial charge on any atom is -0.383 e. The van der Waals surface area contributed by atoms with Crippen LogP contribution in [0, 0.1) is 0 Å².